The molecule has 5 nitrogen and oxygen atoms in total. The first-order valence-corrected chi connectivity index (χ1v) is 13.7. The highest BCUT2D eigenvalue weighted by Gasteiger charge is 2.55. The Hall–Kier alpha value is -2.60. The zero-order chi connectivity index (χ0) is 24.2. The summed E-state index contributed by atoms with van der Waals surface area (Å²) in [5, 5.41) is 1.69. The van der Waals surface area contributed by atoms with Crippen molar-refractivity contribution in [1.29, 1.82) is 0 Å². The van der Waals surface area contributed by atoms with E-state index in [4.69, 9.17) is 0 Å². The molecule has 4 bridgehead atoms. The number of nitrogens with one attached hydrogen (secondary N) is 1. The zero-order valence-electron chi connectivity index (χ0n) is 20.2. The first-order valence-electron chi connectivity index (χ1n) is 12.8. The summed E-state index contributed by atoms with van der Waals surface area (Å²) in [5.41, 5.74) is 4.13. The van der Waals surface area contributed by atoms with Crippen LogP contribution in [-0.4, -0.2) is 34.3 Å². The van der Waals surface area contributed by atoms with Gasteiger partial charge in [0.05, 0.1) is 10.7 Å². The largest absolute Gasteiger partial charge is 0.341 e. The Morgan fingerprint density at radius 3 is 2.20 bits per heavy atom. The number of hydrogen-bond donors (Lipinski definition) is 1. The second-order valence-corrected chi connectivity index (χ2v) is 12.5. The van der Waals surface area contributed by atoms with Gasteiger partial charge in [0.15, 0.2) is 0 Å². The minimum atomic E-state index is -0.423. The lowest BCUT2D eigenvalue weighted by Gasteiger charge is -2.56. The maximum atomic E-state index is 13.9. The maximum absolute atomic E-state index is 13.9. The highest BCUT2D eigenvalue weighted by atomic mass is 32.2. The van der Waals surface area contributed by atoms with Crippen molar-refractivity contribution in [3.8, 4) is 11.1 Å². The predicted octanol–water partition coefficient (Wildman–Crippen LogP) is 5.42. The van der Waals surface area contributed by atoms with Gasteiger partial charge in [0.2, 0.25) is 11.8 Å². The Morgan fingerprint density at radius 1 is 0.943 bits per heavy atom. The van der Waals surface area contributed by atoms with Gasteiger partial charge in [-0.1, -0.05) is 54.2 Å². The second kappa shape index (κ2) is 8.81. The minimum Gasteiger partial charge on any atom is -0.341 e. The minimum absolute atomic E-state index is 0.172. The van der Waals surface area contributed by atoms with Gasteiger partial charge in [-0.3, -0.25) is 19.7 Å². The Labute approximate surface area is 211 Å². The van der Waals surface area contributed by atoms with Gasteiger partial charge in [-0.25, -0.2) is 0 Å². The molecular weight excluding hydrogens is 456 g/mol. The number of hydrogen-bond acceptors (Lipinski definition) is 4. The van der Waals surface area contributed by atoms with Gasteiger partial charge in [-0.05, 0) is 91.0 Å². The first kappa shape index (κ1) is 22.8. The summed E-state index contributed by atoms with van der Waals surface area (Å²) in [5.74, 6) is 2.26. The van der Waals surface area contributed by atoms with Crippen molar-refractivity contribution in [3.05, 3.63) is 59.7 Å². The van der Waals surface area contributed by atoms with Crippen molar-refractivity contribution < 1.29 is 14.4 Å². The molecular formula is C29H32N2O3S. The van der Waals surface area contributed by atoms with Crippen LogP contribution in [0.4, 0.5) is 4.79 Å². The maximum Gasteiger partial charge on any atom is 0.286 e. The normalized spacial score (nSPS) is 31.0. The van der Waals surface area contributed by atoms with E-state index in [1.807, 2.05) is 30.1 Å². The van der Waals surface area contributed by atoms with E-state index in [0.717, 1.165) is 71.0 Å². The van der Waals surface area contributed by atoms with Crippen molar-refractivity contribution in [2.24, 2.45) is 23.2 Å². The number of thioether (sulfide) groups is 1. The number of imide groups is 1. The van der Waals surface area contributed by atoms with Crippen LogP contribution in [0.1, 0.15) is 49.7 Å². The average molecular weight is 489 g/mol. The zero-order valence-corrected chi connectivity index (χ0v) is 21.0. The molecule has 182 valence electrons. The molecule has 2 aromatic carbocycles. The Bertz CT molecular complexity index is 1140. The molecule has 2 aromatic rings. The van der Waals surface area contributed by atoms with Crippen LogP contribution >= 0.6 is 11.8 Å². The van der Waals surface area contributed by atoms with Crippen molar-refractivity contribution >= 4 is 28.8 Å². The van der Waals surface area contributed by atoms with Crippen molar-refractivity contribution in [3.63, 3.8) is 0 Å². The fraction of sp³-hybridized carbons (Fsp3) is 0.483. The third kappa shape index (κ3) is 4.31. The molecule has 1 heterocycles. The second-order valence-electron chi connectivity index (χ2n) is 11.3. The molecule has 4 saturated carbocycles. The molecule has 0 radical (unpaired) electrons. The Balaban J connectivity index is 1.28. The van der Waals surface area contributed by atoms with Crippen molar-refractivity contribution in [2.75, 3.05) is 7.05 Å². The molecule has 7 rings (SSSR count). The van der Waals surface area contributed by atoms with Crippen LogP contribution in [0.3, 0.4) is 0 Å². The van der Waals surface area contributed by atoms with Gasteiger partial charge in [0.1, 0.15) is 0 Å². The lowest BCUT2D eigenvalue weighted by Crippen LogP contribution is -2.53. The summed E-state index contributed by atoms with van der Waals surface area (Å²) in [6.07, 6.45) is 7.60. The average Bonchev–Trinajstić information content (AvgIpc) is 3.15. The molecule has 1 atom stereocenters. The Morgan fingerprint density at radius 2 is 1.60 bits per heavy atom. The van der Waals surface area contributed by atoms with Gasteiger partial charge in [-0.2, -0.15) is 0 Å². The third-order valence-corrected chi connectivity index (χ3v) is 9.71. The summed E-state index contributed by atoms with van der Waals surface area (Å²) in [7, 11) is 1.94. The van der Waals surface area contributed by atoms with Crippen molar-refractivity contribution in [2.45, 2.75) is 56.7 Å². The van der Waals surface area contributed by atoms with Crippen LogP contribution in [0, 0.1) is 23.2 Å². The number of carbonyl (C=O) groups is 3. The third-order valence-electron chi connectivity index (χ3n) is 8.73. The lowest BCUT2D eigenvalue weighted by atomic mass is 9.49. The van der Waals surface area contributed by atoms with Gasteiger partial charge in [-0.15, -0.1) is 0 Å². The Kier molecular flexibility index (Phi) is 5.75. The molecule has 4 aliphatic carbocycles. The number of rotatable bonds is 6. The smallest absolute Gasteiger partial charge is 0.286 e. The van der Waals surface area contributed by atoms with Gasteiger partial charge in [0, 0.05) is 13.6 Å². The molecule has 6 heteroatoms. The summed E-state index contributed by atoms with van der Waals surface area (Å²) in [6.45, 7) is 0.517. The van der Waals surface area contributed by atoms with Crippen LogP contribution in [0.2, 0.25) is 0 Å². The predicted molar refractivity (Wildman–Crippen MR) is 138 cm³/mol. The van der Waals surface area contributed by atoms with Crippen LogP contribution in [0.15, 0.2) is 48.5 Å². The monoisotopic (exact) mass is 488 g/mol. The van der Waals surface area contributed by atoms with Crippen LogP contribution in [0.25, 0.3) is 11.1 Å². The molecule has 5 aliphatic rings. The topological polar surface area (TPSA) is 66.5 Å². The molecule has 1 aliphatic heterocycles. The van der Waals surface area contributed by atoms with E-state index >= 15 is 0 Å². The number of benzene rings is 2. The van der Waals surface area contributed by atoms with E-state index in [2.05, 4.69) is 35.6 Å². The highest BCUT2D eigenvalue weighted by molar-refractivity contribution is 8.15. The summed E-state index contributed by atoms with van der Waals surface area (Å²) >= 11 is 1.06. The standard InChI is InChI=1S/C29H32N2O3S/c1-31(27(33)29-14-18-9-19(15-29)11-20(10-18)16-29)17-24-12-22(21-5-3-2-4-6-21)7-8-23(24)13-25-26(32)30-28(34)35-25/h2-8,12,18-20,25H,9-11,13-17H2,1H3,(H,30,32,34). The van der Waals surface area contributed by atoms with Gasteiger partial charge < -0.3 is 4.90 Å². The lowest BCUT2D eigenvalue weighted by molar-refractivity contribution is -0.156. The molecule has 3 amide bonds. The molecule has 1 N–H and O–H groups in total. The van der Waals surface area contributed by atoms with E-state index in [9.17, 15) is 14.4 Å². The van der Waals surface area contributed by atoms with E-state index < -0.39 is 5.25 Å². The molecule has 5 fully saturated rings. The van der Waals surface area contributed by atoms with E-state index in [0.29, 0.717) is 18.9 Å². The SMILES string of the molecule is CN(Cc1cc(-c2ccccc2)ccc1CC1SC(=O)NC1=O)C(=O)C12CC3CC(CC(C3)C1)C2. The van der Waals surface area contributed by atoms with Crippen molar-refractivity contribution in [1.82, 2.24) is 10.2 Å². The van der Waals surface area contributed by atoms with Crippen LogP contribution in [0.5, 0.6) is 0 Å². The van der Waals surface area contributed by atoms with E-state index in [1.54, 1.807) is 0 Å². The number of carbonyl (C=O) groups excluding carboxylic acids is 3. The summed E-state index contributed by atoms with van der Waals surface area (Å²) in [4.78, 5) is 39.8. The van der Waals surface area contributed by atoms with Gasteiger partial charge in [0.25, 0.3) is 5.24 Å². The fourth-order valence-electron chi connectivity index (χ4n) is 7.61. The van der Waals surface area contributed by atoms with E-state index in [1.165, 1.54) is 19.3 Å². The van der Waals surface area contributed by atoms with E-state index in [-0.39, 0.29) is 16.6 Å². The number of nitrogens with zero attached hydrogens (tertiary/aromatic N) is 1. The molecule has 1 unspecified atom stereocenters. The highest BCUT2D eigenvalue weighted by Crippen LogP contribution is 2.60. The molecule has 0 aromatic heterocycles. The van der Waals surface area contributed by atoms with Crippen LogP contribution in [-0.2, 0) is 22.6 Å². The van der Waals surface area contributed by atoms with Crippen LogP contribution < -0.4 is 5.32 Å². The quantitative estimate of drug-likeness (QED) is 0.589. The summed E-state index contributed by atoms with van der Waals surface area (Å²) < 4.78 is 0. The first-order chi connectivity index (χ1) is 16.9. The number of amides is 3. The fourth-order valence-corrected chi connectivity index (χ4v) is 8.46. The molecule has 35 heavy (non-hydrogen) atoms. The molecule has 1 saturated heterocycles. The van der Waals surface area contributed by atoms with Gasteiger partial charge >= 0.3 is 0 Å². The summed E-state index contributed by atoms with van der Waals surface area (Å²) in [6, 6.07) is 16.5. The molecule has 0 spiro atoms.